The van der Waals surface area contributed by atoms with Gasteiger partial charge in [0.05, 0.1) is 5.02 Å². The van der Waals surface area contributed by atoms with Crippen LogP contribution >= 0.6 is 22.9 Å². The normalized spacial score (nSPS) is 27.0. The van der Waals surface area contributed by atoms with Crippen LogP contribution in [0.3, 0.4) is 0 Å². The molecule has 3 heteroatoms. The molecule has 1 aliphatic rings. The average molecular weight is 230 g/mol. The number of hydrogen-bond acceptors (Lipinski definition) is 2. The summed E-state index contributed by atoms with van der Waals surface area (Å²) in [7, 11) is 2.07. The second-order valence-electron chi connectivity index (χ2n) is 3.98. The summed E-state index contributed by atoms with van der Waals surface area (Å²) in [5, 5.41) is 6.45. The Labute approximate surface area is 94.5 Å². The van der Waals surface area contributed by atoms with Gasteiger partial charge in [0.1, 0.15) is 0 Å². The Morgan fingerprint density at radius 3 is 3.07 bits per heavy atom. The fourth-order valence-electron chi connectivity index (χ4n) is 2.37. The van der Waals surface area contributed by atoms with Crippen LogP contribution in [0.25, 0.3) is 0 Å². The van der Waals surface area contributed by atoms with Gasteiger partial charge in [0.15, 0.2) is 0 Å². The first-order valence-corrected chi connectivity index (χ1v) is 6.46. The maximum atomic E-state index is 6.10. The minimum absolute atomic E-state index is 0.702. The number of halogens is 1. The Morgan fingerprint density at radius 1 is 1.57 bits per heavy atom. The van der Waals surface area contributed by atoms with Gasteiger partial charge in [-0.1, -0.05) is 18.0 Å². The van der Waals surface area contributed by atoms with Gasteiger partial charge in [0.2, 0.25) is 0 Å². The van der Waals surface area contributed by atoms with Gasteiger partial charge in [0.25, 0.3) is 0 Å². The van der Waals surface area contributed by atoms with Crippen LogP contribution in [0.5, 0.6) is 0 Å². The smallest absolute Gasteiger partial charge is 0.0545 e. The second kappa shape index (κ2) is 4.65. The van der Waals surface area contributed by atoms with Crippen molar-refractivity contribution in [2.45, 2.75) is 31.7 Å². The maximum Gasteiger partial charge on any atom is 0.0545 e. The predicted molar refractivity (Wildman–Crippen MR) is 63.2 cm³/mol. The molecule has 1 saturated carbocycles. The van der Waals surface area contributed by atoms with Gasteiger partial charge >= 0.3 is 0 Å². The molecule has 1 N–H and O–H groups in total. The number of hydrogen-bond donors (Lipinski definition) is 1. The van der Waals surface area contributed by atoms with E-state index in [1.807, 2.05) is 6.07 Å². The van der Waals surface area contributed by atoms with Crippen molar-refractivity contribution in [1.82, 2.24) is 5.32 Å². The van der Waals surface area contributed by atoms with Crippen molar-refractivity contribution in [1.29, 1.82) is 0 Å². The fraction of sp³-hybridized carbons (Fsp3) is 0.636. The summed E-state index contributed by atoms with van der Waals surface area (Å²) in [5.74, 6) is 0.788. The molecule has 0 aromatic carbocycles. The topological polar surface area (TPSA) is 12.0 Å². The molecular weight excluding hydrogens is 214 g/mol. The quantitative estimate of drug-likeness (QED) is 0.839. The van der Waals surface area contributed by atoms with Crippen LogP contribution in [0, 0.1) is 5.92 Å². The molecule has 2 unspecified atom stereocenters. The Bertz CT molecular complexity index is 297. The third-order valence-electron chi connectivity index (χ3n) is 3.17. The summed E-state index contributed by atoms with van der Waals surface area (Å²) in [5.41, 5.74) is 0. The van der Waals surface area contributed by atoms with E-state index in [2.05, 4.69) is 17.7 Å². The predicted octanol–water partition coefficient (Wildman–Crippen LogP) is 3.33. The molecule has 1 heterocycles. The van der Waals surface area contributed by atoms with Gasteiger partial charge in [-0.05, 0) is 43.7 Å². The van der Waals surface area contributed by atoms with Crippen molar-refractivity contribution < 1.29 is 0 Å². The van der Waals surface area contributed by atoms with E-state index in [1.165, 1.54) is 24.1 Å². The first-order chi connectivity index (χ1) is 6.81. The molecule has 0 bridgehead atoms. The maximum absolute atomic E-state index is 6.10. The van der Waals surface area contributed by atoms with Gasteiger partial charge in [-0.3, -0.25) is 0 Å². The van der Waals surface area contributed by atoms with Crippen LogP contribution in [0.4, 0.5) is 0 Å². The Hall–Kier alpha value is -0.0500. The van der Waals surface area contributed by atoms with E-state index in [-0.39, 0.29) is 0 Å². The largest absolute Gasteiger partial charge is 0.317 e. The summed E-state index contributed by atoms with van der Waals surface area (Å²) in [6, 6.07) is 2.71. The molecule has 1 aromatic heterocycles. The minimum Gasteiger partial charge on any atom is -0.317 e. The lowest BCUT2D eigenvalue weighted by molar-refractivity contribution is 0.426. The van der Waals surface area contributed by atoms with Crippen LogP contribution in [-0.2, 0) is 6.42 Å². The molecule has 14 heavy (non-hydrogen) atoms. The molecular formula is C11H16ClNS. The first kappa shape index (κ1) is 10.5. The first-order valence-electron chi connectivity index (χ1n) is 5.20. The van der Waals surface area contributed by atoms with E-state index in [9.17, 15) is 0 Å². The van der Waals surface area contributed by atoms with Crippen molar-refractivity contribution in [2.75, 3.05) is 7.05 Å². The number of rotatable bonds is 3. The number of nitrogens with one attached hydrogen (secondary N) is 1. The summed E-state index contributed by atoms with van der Waals surface area (Å²) in [4.78, 5) is 1.36. The van der Waals surface area contributed by atoms with E-state index >= 15 is 0 Å². The Kier molecular flexibility index (Phi) is 3.47. The number of thiophene rings is 1. The lowest BCUT2D eigenvalue weighted by atomic mass is 9.99. The molecule has 78 valence electrons. The Morgan fingerprint density at radius 2 is 2.43 bits per heavy atom. The standard InChI is InChI=1S/C11H16ClNS/c1-13-10-4-2-3-8(10)7-11-9(12)5-6-14-11/h5-6,8,10,13H,2-4,7H2,1H3. The molecule has 0 radical (unpaired) electrons. The third kappa shape index (κ3) is 2.13. The van der Waals surface area contributed by atoms with E-state index in [1.54, 1.807) is 11.3 Å². The highest BCUT2D eigenvalue weighted by Crippen LogP contribution is 2.32. The van der Waals surface area contributed by atoms with E-state index in [4.69, 9.17) is 11.6 Å². The van der Waals surface area contributed by atoms with Crippen LogP contribution < -0.4 is 5.32 Å². The highest BCUT2D eigenvalue weighted by atomic mass is 35.5. The third-order valence-corrected chi connectivity index (χ3v) is 4.58. The van der Waals surface area contributed by atoms with E-state index in [0.717, 1.165) is 17.4 Å². The zero-order valence-electron chi connectivity index (χ0n) is 8.42. The zero-order chi connectivity index (χ0) is 9.97. The Balaban J connectivity index is 2.00. The molecule has 1 fully saturated rings. The van der Waals surface area contributed by atoms with Crippen molar-refractivity contribution in [3.63, 3.8) is 0 Å². The second-order valence-corrected chi connectivity index (χ2v) is 5.39. The lowest BCUT2D eigenvalue weighted by Crippen LogP contribution is -2.29. The monoisotopic (exact) mass is 229 g/mol. The molecule has 2 rings (SSSR count). The highest BCUT2D eigenvalue weighted by Gasteiger charge is 2.26. The van der Waals surface area contributed by atoms with Crippen molar-refractivity contribution in [2.24, 2.45) is 5.92 Å². The molecule has 0 saturated heterocycles. The zero-order valence-corrected chi connectivity index (χ0v) is 10.00. The van der Waals surface area contributed by atoms with Crippen LogP contribution in [0.1, 0.15) is 24.1 Å². The van der Waals surface area contributed by atoms with Gasteiger partial charge in [-0.15, -0.1) is 11.3 Å². The summed E-state index contributed by atoms with van der Waals surface area (Å²) in [6.07, 6.45) is 5.19. The summed E-state index contributed by atoms with van der Waals surface area (Å²) < 4.78 is 0. The molecule has 1 aliphatic carbocycles. The fourth-order valence-corrected chi connectivity index (χ4v) is 3.58. The SMILES string of the molecule is CNC1CCCC1Cc1sccc1Cl. The lowest BCUT2D eigenvalue weighted by Gasteiger charge is -2.18. The van der Waals surface area contributed by atoms with Gasteiger partial charge in [-0.2, -0.15) is 0 Å². The van der Waals surface area contributed by atoms with Gasteiger partial charge < -0.3 is 5.32 Å². The van der Waals surface area contributed by atoms with Crippen LogP contribution in [0.15, 0.2) is 11.4 Å². The van der Waals surface area contributed by atoms with Crippen molar-refractivity contribution in [3.8, 4) is 0 Å². The van der Waals surface area contributed by atoms with Gasteiger partial charge in [-0.25, -0.2) is 0 Å². The van der Waals surface area contributed by atoms with Crippen molar-refractivity contribution >= 4 is 22.9 Å². The minimum atomic E-state index is 0.702. The van der Waals surface area contributed by atoms with Crippen LogP contribution in [0.2, 0.25) is 5.02 Å². The summed E-state index contributed by atoms with van der Waals surface area (Å²) >= 11 is 7.89. The summed E-state index contributed by atoms with van der Waals surface area (Å²) in [6.45, 7) is 0. The highest BCUT2D eigenvalue weighted by molar-refractivity contribution is 7.10. The van der Waals surface area contributed by atoms with E-state index in [0.29, 0.717) is 6.04 Å². The van der Waals surface area contributed by atoms with Gasteiger partial charge in [0, 0.05) is 10.9 Å². The molecule has 0 amide bonds. The molecule has 2 atom stereocenters. The van der Waals surface area contributed by atoms with E-state index < -0.39 is 0 Å². The molecule has 0 aliphatic heterocycles. The molecule has 1 nitrogen and oxygen atoms in total. The average Bonchev–Trinajstić information content (AvgIpc) is 2.77. The molecule has 0 spiro atoms. The van der Waals surface area contributed by atoms with Crippen molar-refractivity contribution in [3.05, 3.63) is 21.3 Å². The van der Waals surface area contributed by atoms with Crippen LogP contribution in [-0.4, -0.2) is 13.1 Å². The molecule has 1 aromatic rings.